The third-order valence-corrected chi connectivity index (χ3v) is 4.91. The summed E-state index contributed by atoms with van der Waals surface area (Å²) in [5, 5.41) is 3.66. The average Bonchev–Trinajstić information content (AvgIpc) is 2.99. The van der Waals surface area contributed by atoms with Crippen LogP contribution in [0.4, 0.5) is 0 Å². The Hall–Kier alpha value is -0.610. The molecule has 1 amide bonds. The number of hydrogen-bond donors (Lipinski definition) is 1. The van der Waals surface area contributed by atoms with Crippen molar-refractivity contribution in [3.63, 3.8) is 0 Å². The molecule has 3 aliphatic heterocycles. The number of hydrogen-bond acceptors (Lipinski definition) is 3. The molecule has 0 aromatic rings. The van der Waals surface area contributed by atoms with Crippen LogP contribution < -0.4 is 5.32 Å². The lowest BCUT2D eigenvalue weighted by Gasteiger charge is -2.35. The first-order valence-corrected chi connectivity index (χ1v) is 7.46. The van der Waals surface area contributed by atoms with E-state index in [0.29, 0.717) is 30.6 Å². The molecule has 4 nitrogen and oxygen atoms in total. The minimum atomic E-state index is 0.334. The second-order valence-electron chi connectivity index (χ2n) is 6.27. The van der Waals surface area contributed by atoms with Crippen LogP contribution in [0.2, 0.25) is 0 Å². The van der Waals surface area contributed by atoms with E-state index < -0.39 is 0 Å². The van der Waals surface area contributed by atoms with E-state index in [9.17, 15) is 4.79 Å². The predicted molar refractivity (Wildman–Crippen MR) is 71.4 cm³/mol. The highest BCUT2D eigenvalue weighted by atomic mass is 16.2. The first-order valence-electron chi connectivity index (χ1n) is 7.46. The van der Waals surface area contributed by atoms with Crippen LogP contribution in [0.1, 0.15) is 38.5 Å². The second-order valence-corrected chi connectivity index (χ2v) is 6.27. The maximum Gasteiger partial charge on any atom is 0.236 e. The molecule has 0 radical (unpaired) electrons. The smallest absolute Gasteiger partial charge is 0.236 e. The molecule has 1 N–H and O–H groups in total. The van der Waals surface area contributed by atoms with Crippen molar-refractivity contribution in [2.24, 2.45) is 0 Å². The van der Waals surface area contributed by atoms with Crippen molar-refractivity contribution in [2.75, 3.05) is 26.7 Å². The summed E-state index contributed by atoms with van der Waals surface area (Å²) in [5.74, 6) is 0.334. The van der Waals surface area contributed by atoms with Crippen LogP contribution >= 0.6 is 0 Å². The van der Waals surface area contributed by atoms with Gasteiger partial charge in [-0.2, -0.15) is 0 Å². The summed E-state index contributed by atoms with van der Waals surface area (Å²) in [6.45, 7) is 2.57. The van der Waals surface area contributed by atoms with Gasteiger partial charge in [0.15, 0.2) is 0 Å². The third kappa shape index (κ3) is 2.54. The number of nitrogens with one attached hydrogen (secondary N) is 1. The Balaban J connectivity index is 1.51. The Morgan fingerprint density at radius 2 is 1.83 bits per heavy atom. The fourth-order valence-electron chi connectivity index (χ4n) is 3.80. The molecule has 0 aromatic heterocycles. The molecule has 2 unspecified atom stereocenters. The molecular weight excluding hydrogens is 226 g/mol. The van der Waals surface area contributed by atoms with E-state index in [-0.39, 0.29) is 0 Å². The SMILES string of the molecule is CN(CC(=O)N1CCCC1)C1CC2CCC(C1)N2. The summed E-state index contributed by atoms with van der Waals surface area (Å²) in [6, 6.07) is 2.02. The van der Waals surface area contributed by atoms with Gasteiger partial charge in [-0.3, -0.25) is 9.69 Å². The minimum absolute atomic E-state index is 0.334. The van der Waals surface area contributed by atoms with Crippen molar-refractivity contribution in [1.82, 2.24) is 15.1 Å². The van der Waals surface area contributed by atoms with E-state index in [1.165, 1.54) is 38.5 Å². The van der Waals surface area contributed by atoms with Crippen LogP contribution in [0.5, 0.6) is 0 Å². The summed E-state index contributed by atoms with van der Waals surface area (Å²) in [4.78, 5) is 16.5. The Bertz CT molecular complexity index is 302. The summed E-state index contributed by atoms with van der Waals surface area (Å²) >= 11 is 0. The van der Waals surface area contributed by atoms with Crippen molar-refractivity contribution in [2.45, 2.75) is 56.7 Å². The lowest BCUT2D eigenvalue weighted by atomic mass is 9.98. The second kappa shape index (κ2) is 5.17. The largest absolute Gasteiger partial charge is 0.342 e. The Morgan fingerprint density at radius 1 is 1.22 bits per heavy atom. The van der Waals surface area contributed by atoms with Crippen molar-refractivity contribution in [3.05, 3.63) is 0 Å². The number of piperidine rings is 1. The Kier molecular flexibility index (Phi) is 3.57. The quantitative estimate of drug-likeness (QED) is 0.807. The van der Waals surface area contributed by atoms with Gasteiger partial charge in [0.05, 0.1) is 6.54 Å². The number of likely N-dealkylation sites (N-methyl/N-ethyl adjacent to an activating group) is 1. The van der Waals surface area contributed by atoms with Crippen molar-refractivity contribution < 1.29 is 4.79 Å². The van der Waals surface area contributed by atoms with Gasteiger partial charge in [-0.05, 0) is 45.6 Å². The van der Waals surface area contributed by atoms with E-state index in [1.54, 1.807) is 0 Å². The van der Waals surface area contributed by atoms with Gasteiger partial charge >= 0.3 is 0 Å². The number of carbonyl (C=O) groups excluding carboxylic acids is 1. The Labute approximate surface area is 110 Å². The molecule has 3 aliphatic rings. The molecule has 2 atom stereocenters. The summed E-state index contributed by atoms with van der Waals surface area (Å²) in [6.07, 6.45) is 7.48. The van der Waals surface area contributed by atoms with E-state index >= 15 is 0 Å². The van der Waals surface area contributed by atoms with Gasteiger partial charge < -0.3 is 10.2 Å². The molecule has 4 heteroatoms. The topological polar surface area (TPSA) is 35.6 Å². The average molecular weight is 251 g/mol. The van der Waals surface area contributed by atoms with Crippen LogP contribution in [-0.4, -0.2) is 60.5 Å². The highest BCUT2D eigenvalue weighted by Gasteiger charge is 2.35. The van der Waals surface area contributed by atoms with E-state index in [4.69, 9.17) is 0 Å². The predicted octanol–water partition coefficient (Wildman–Crippen LogP) is 0.824. The van der Waals surface area contributed by atoms with Gasteiger partial charge in [-0.1, -0.05) is 0 Å². The molecule has 3 heterocycles. The van der Waals surface area contributed by atoms with Gasteiger partial charge in [-0.15, -0.1) is 0 Å². The maximum atomic E-state index is 12.1. The fourth-order valence-corrected chi connectivity index (χ4v) is 3.80. The number of carbonyl (C=O) groups is 1. The molecule has 0 saturated carbocycles. The number of nitrogens with zero attached hydrogens (tertiary/aromatic N) is 2. The van der Waals surface area contributed by atoms with Crippen LogP contribution in [0.25, 0.3) is 0 Å². The maximum absolute atomic E-state index is 12.1. The highest BCUT2D eigenvalue weighted by Crippen LogP contribution is 2.29. The Morgan fingerprint density at radius 3 is 2.44 bits per heavy atom. The lowest BCUT2D eigenvalue weighted by molar-refractivity contribution is -0.131. The van der Waals surface area contributed by atoms with Crippen molar-refractivity contribution in [3.8, 4) is 0 Å². The van der Waals surface area contributed by atoms with Gasteiger partial charge in [0.1, 0.15) is 0 Å². The molecule has 0 spiro atoms. The molecule has 3 rings (SSSR count). The molecule has 2 bridgehead atoms. The highest BCUT2D eigenvalue weighted by molar-refractivity contribution is 5.78. The number of amides is 1. The van der Waals surface area contributed by atoms with Crippen molar-refractivity contribution >= 4 is 5.91 Å². The normalized spacial score (nSPS) is 35.4. The van der Waals surface area contributed by atoms with Crippen LogP contribution in [0, 0.1) is 0 Å². The number of likely N-dealkylation sites (tertiary alicyclic amines) is 1. The first-order chi connectivity index (χ1) is 8.72. The zero-order valence-electron chi connectivity index (χ0n) is 11.4. The molecule has 0 aliphatic carbocycles. The minimum Gasteiger partial charge on any atom is -0.342 e. The van der Waals surface area contributed by atoms with E-state index in [0.717, 1.165) is 13.1 Å². The van der Waals surface area contributed by atoms with Gasteiger partial charge in [-0.25, -0.2) is 0 Å². The summed E-state index contributed by atoms with van der Waals surface area (Å²) < 4.78 is 0. The zero-order chi connectivity index (χ0) is 12.5. The van der Waals surface area contributed by atoms with Gasteiger partial charge in [0.25, 0.3) is 0 Å². The molecule has 3 fully saturated rings. The summed E-state index contributed by atoms with van der Waals surface area (Å²) in [5.41, 5.74) is 0. The summed E-state index contributed by atoms with van der Waals surface area (Å²) in [7, 11) is 2.13. The number of fused-ring (bicyclic) bond motifs is 2. The third-order valence-electron chi connectivity index (χ3n) is 4.91. The van der Waals surface area contributed by atoms with Crippen LogP contribution in [0.15, 0.2) is 0 Å². The van der Waals surface area contributed by atoms with E-state index in [2.05, 4.69) is 17.3 Å². The molecule has 3 saturated heterocycles. The monoisotopic (exact) mass is 251 g/mol. The molecule has 18 heavy (non-hydrogen) atoms. The lowest BCUT2D eigenvalue weighted by Crippen LogP contribution is -2.49. The van der Waals surface area contributed by atoms with Crippen LogP contribution in [-0.2, 0) is 4.79 Å². The van der Waals surface area contributed by atoms with Gasteiger partial charge in [0, 0.05) is 31.2 Å². The zero-order valence-corrected chi connectivity index (χ0v) is 11.4. The first kappa shape index (κ1) is 12.4. The van der Waals surface area contributed by atoms with E-state index in [1.807, 2.05) is 4.90 Å². The molecular formula is C14H25N3O. The standard InChI is InChI=1S/C14H25N3O/c1-16(10-14(18)17-6-2-3-7-17)13-8-11-4-5-12(9-13)15-11/h11-13,15H,2-10H2,1H3. The number of rotatable bonds is 3. The molecule has 0 aromatic carbocycles. The fraction of sp³-hybridized carbons (Fsp3) is 0.929. The van der Waals surface area contributed by atoms with Crippen molar-refractivity contribution in [1.29, 1.82) is 0 Å². The molecule has 102 valence electrons. The van der Waals surface area contributed by atoms with Gasteiger partial charge in [0.2, 0.25) is 5.91 Å². The van der Waals surface area contributed by atoms with Crippen LogP contribution in [0.3, 0.4) is 0 Å².